The van der Waals surface area contributed by atoms with E-state index in [4.69, 9.17) is 23.2 Å². The molecule has 0 saturated carbocycles. The summed E-state index contributed by atoms with van der Waals surface area (Å²) in [5, 5.41) is 6.19. The van der Waals surface area contributed by atoms with Crippen molar-refractivity contribution >= 4 is 51.2 Å². The van der Waals surface area contributed by atoms with Gasteiger partial charge in [0.05, 0.1) is 0 Å². The van der Waals surface area contributed by atoms with Gasteiger partial charge < -0.3 is 0 Å². The zero-order chi connectivity index (χ0) is 34.9. The number of allylic oxidation sites excluding steroid dienone is 4. The van der Waals surface area contributed by atoms with Crippen LogP contribution < -0.4 is 3.27 Å². The molecule has 248 valence electrons. The Kier molecular flexibility index (Phi) is 8.58. The van der Waals surface area contributed by atoms with Gasteiger partial charge in [-0.3, -0.25) is 0 Å². The number of hydrogen-bond acceptors (Lipinski definition) is 0. The van der Waals surface area contributed by atoms with E-state index in [1.807, 2.05) is 0 Å². The van der Waals surface area contributed by atoms with Crippen LogP contribution in [-0.2, 0) is 38.5 Å². The summed E-state index contributed by atoms with van der Waals surface area (Å²) >= 11 is 10.8. The van der Waals surface area contributed by atoms with Crippen LogP contribution in [0.2, 0.25) is 10.0 Å². The number of halogens is 2. The minimum atomic E-state index is -3.10. The molecular formula is C47H42Cl2Zr. The molecule has 0 spiro atoms. The Labute approximate surface area is 314 Å². The number of fused-ring (bicyclic) bond motifs is 5. The Hall–Kier alpha value is -3.35. The monoisotopic (exact) mass is 766 g/mol. The molecule has 0 bridgehead atoms. The molecule has 0 unspecified atom stereocenters. The summed E-state index contributed by atoms with van der Waals surface area (Å²) < 4.78 is 4.73. The van der Waals surface area contributed by atoms with Gasteiger partial charge in [-0.1, -0.05) is 0 Å². The number of rotatable bonds is 4. The van der Waals surface area contributed by atoms with Crippen LogP contribution in [-0.4, -0.2) is 3.21 Å². The van der Waals surface area contributed by atoms with Gasteiger partial charge in [0.15, 0.2) is 0 Å². The van der Waals surface area contributed by atoms with Crippen molar-refractivity contribution in [2.75, 3.05) is 0 Å². The van der Waals surface area contributed by atoms with Gasteiger partial charge in [-0.25, -0.2) is 0 Å². The molecule has 50 heavy (non-hydrogen) atoms. The third-order valence-corrected chi connectivity index (χ3v) is 19.0. The van der Waals surface area contributed by atoms with E-state index >= 15 is 0 Å². The molecule has 3 heteroatoms. The van der Waals surface area contributed by atoms with Crippen molar-refractivity contribution < 1.29 is 21.3 Å². The summed E-state index contributed by atoms with van der Waals surface area (Å²) in [7, 11) is 0. The number of benzene rings is 6. The van der Waals surface area contributed by atoms with E-state index in [0.717, 1.165) is 33.7 Å². The molecule has 0 aromatic heterocycles. The molecule has 0 saturated heterocycles. The Morgan fingerprint density at radius 3 is 1.74 bits per heavy atom. The van der Waals surface area contributed by atoms with Gasteiger partial charge in [0, 0.05) is 0 Å². The van der Waals surface area contributed by atoms with Crippen molar-refractivity contribution in [1.82, 2.24) is 0 Å². The van der Waals surface area contributed by atoms with Gasteiger partial charge in [0.25, 0.3) is 0 Å². The molecule has 0 nitrogen and oxygen atoms in total. The fourth-order valence-corrected chi connectivity index (χ4v) is 17.7. The average molecular weight is 769 g/mol. The van der Waals surface area contributed by atoms with Gasteiger partial charge in [-0.05, 0) is 0 Å². The normalized spacial score (nSPS) is 13.9. The van der Waals surface area contributed by atoms with Gasteiger partial charge >= 0.3 is 317 Å². The first kappa shape index (κ1) is 33.8. The van der Waals surface area contributed by atoms with Crippen molar-refractivity contribution in [3.63, 3.8) is 0 Å². The zero-order valence-corrected chi connectivity index (χ0v) is 33.7. The second-order valence-electron chi connectivity index (χ2n) is 15.9. The molecule has 0 N–H and O–H groups in total. The van der Waals surface area contributed by atoms with Crippen LogP contribution >= 0.6 is 23.2 Å². The molecule has 0 fully saturated rings. The number of hydrogen-bond donors (Lipinski definition) is 0. The maximum absolute atomic E-state index is 6.95. The summed E-state index contributed by atoms with van der Waals surface area (Å²) in [6, 6.07) is 38.4. The second-order valence-corrected chi connectivity index (χ2v) is 22.6. The van der Waals surface area contributed by atoms with E-state index < -0.39 is 21.3 Å². The summed E-state index contributed by atoms with van der Waals surface area (Å²) in [6.45, 7) is 14.2. The summed E-state index contributed by atoms with van der Waals surface area (Å²) in [6.07, 6.45) is 9.06. The predicted octanol–water partition coefficient (Wildman–Crippen LogP) is 12.8. The van der Waals surface area contributed by atoms with E-state index in [1.165, 1.54) is 58.5 Å². The Bertz CT molecular complexity index is 2370. The van der Waals surface area contributed by atoms with Crippen LogP contribution in [0.1, 0.15) is 81.3 Å². The summed E-state index contributed by atoms with van der Waals surface area (Å²) in [4.78, 5) is 0. The molecule has 0 aliphatic heterocycles. The van der Waals surface area contributed by atoms with Crippen LogP contribution in [0.25, 0.3) is 32.7 Å². The molecule has 6 aromatic carbocycles. The van der Waals surface area contributed by atoms with Crippen LogP contribution in [0.3, 0.4) is 0 Å². The first-order valence-corrected chi connectivity index (χ1v) is 22.1. The summed E-state index contributed by atoms with van der Waals surface area (Å²) in [5.41, 5.74) is 11.3. The molecule has 6 aromatic rings. The fraction of sp³-hybridized carbons (Fsp3) is 0.213. The van der Waals surface area contributed by atoms with E-state index in [0.29, 0.717) is 0 Å². The van der Waals surface area contributed by atoms with Gasteiger partial charge in [0.2, 0.25) is 0 Å². The molecule has 2 aliphatic carbocycles. The van der Waals surface area contributed by atoms with E-state index in [2.05, 4.69) is 163 Å². The van der Waals surface area contributed by atoms with Crippen molar-refractivity contribution in [1.29, 1.82) is 0 Å². The van der Waals surface area contributed by atoms with Crippen LogP contribution in [0.4, 0.5) is 0 Å². The van der Waals surface area contributed by atoms with Crippen molar-refractivity contribution in [3.05, 3.63) is 168 Å². The molecular weight excluding hydrogens is 727 g/mol. The first-order valence-electron chi connectivity index (χ1n) is 17.7. The zero-order valence-electron chi connectivity index (χ0n) is 29.7. The molecule has 8 rings (SSSR count). The van der Waals surface area contributed by atoms with Gasteiger partial charge in [0.1, 0.15) is 0 Å². The van der Waals surface area contributed by atoms with Crippen molar-refractivity contribution in [3.8, 4) is 11.1 Å². The topological polar surface area (TPSA) is 0 Å². The summed E-state index contributed by atoms with van der Waals surface area (Å²) in [5.74, 6) is 0. The van der Waals surface area contributed by atoms with E-state index in [-0.39, 0.29) is 10.8 Å². The SMILES string of the molecule is CC(C)(C)c1ccc2c(c1)Cc1c-2ccc(C(C)(C)C)[c]1[Zr]([C]1=CC=CC1)=[C](c1ccc(Cl)c2ccccc12)c1ccc(Cl)c2ccccc12. The van der Waals surface area contributed by atoms with Crippen LogP contribution in [0.15, 0.2) is 125 Å². The fourth-order valence-electron chi connectivity index (χ4n) is 8.11. The van der Waals surface area contributed by atoms with Crippen LogP contribution in [0.5, 0.6) is 0 Å². The third-order valence-electron chi connectivity index (χ3n) is 10.6. The second kappa shape index (κ2) is 12.7. The van der Waals surface area contributed by atoms with Crippen molar-refractivity contribution in [2.24, 2.45) is 0 Å². The van der Waals surface area contributed by atoms with E-state index in [1.54, 1.807) is 6.55 Å². The van der Waals surface area contributed by atoms with E-state index in [9.17, 15) is 0 Å². The van der Waals surface area contributed by atoms with Crippen molar-refractivity contribution in [2.45, 2.75) is 65.2 Å². The molecule has 0 heterocycles. The predicted molar refractivity (Wildman–Crippen MR) is 215 cm³/mol. The maximum atomic E-state index is 6.95. The van der Waals surface area contributed by atoms with Gasteiger partial charge in [-0.2, -0.15) is 0 Å². The molecule has 0 radical (unpaired) electrons. The quantitative estimate of drug-likeness (QED) is 0.167. The first-order chi connectivity index (χ1) is 23.9. The molecule has 2 aliphatic rings. The average Bonchev–Trinajstić information content (AvgIpc) is 3.76. The van der Waals surface area contributed by atoms with Crippen LogP contribution in [0, 0.1) is 0 Å². The molecule has 0 atom stereocenters. The van der Waals surface area contributed by atoms with Gasteiger partial charge in [-0.15, -0.1) is 0 Å². The standard InChI is InChI=1S/C21H12Cl2.C21H25.C5H5.Zr/c22-20-11-9-14(16-5-1-3-7-18(16)20)13-15-10-12-21(23)19-8-4-2-6-17(15)19;1-20(2,3)16-7-9-18-14(12-16)11-15-13-17(21(4,5)6)8-10-19(15)18;1-2-4-5-3-1;/h1-12H;7-10,12H,11H2,1-6H3;1-3H,4H2;. The third kappa shape index (κ3) is 5.75. The Morgan fingerprint density at radius 1 is 0.620 bits per heavy atom. The molecule has 0 amide bonds. The Morgan fingerprint density at radius 2 is 1.20 bits per heavy atom. The minimum absolute atomic E-state index is 0.0383. The Balaban J connectivity index is 1.57.